The van der Waals surface area contributed by atoms with Crippen molar-refractivity contribution in [2.75, 3.05) is 4.72 Å². The third kappa shape index (κ3) is 3.57. The number of hydrogen-bond acceptors (Lipinski definition) is 2. The molecule has 2 rings (SSSR count). The van der Waals surface area contributed by atoms with Crippen LogP contribution in [0, 0.1) is 0 Å². The van der Waals surface area contributed by atoms with Crippen molar-refractivity contribution in [3.05, 3.63) is 29.8 Å². The molecule has 98 valence electrons. The fourth-order valence-electron chi connectivity index (χ4n) is 1.42. The average Bonchev–Trinajstić information content (AvgIpc) is 3.13. The van der Waals surface area contributed by atoms with E-state index in [4.69, 9.17) is 0 Å². The Morgan fingerprint density at radius 2 is 1.89 bits per heavy atom. The first-order valence-electron chi connectivity index (χ1n) is 6.14. The Morgan fingerprint density at radius 3 is 2.39 bits per heavy atom. The van der Waals surface area contributed by atoms with Crippen LogP contribution in [0.15, 0.2) is 24.3 Å². The molecular formula is C13H18N2O2S. The van der Waals surface area contributed by atoms with Gasteiger partial charge in [-0.25, -0.2) is 4.21 Å². The summed E-state index contributed by atoms with van der Waals surface area (Å²) in [4.78, 5) is 11.7. The van der Waals surface area contributed by atoms with Gasteiger partial charge < -0.3 is 10.0 Å². The minimum Gasteiger partial charge on any atom is -0.349 e. The lowest BCUT2D eigenvalue weighted by Gasteiger charge is -2.09. The second-order valence-electron chi connectivity index (χ2n) is 4.77. The van der Waals surface area contributed by atoms with E-state index in [2.05, 4.69) is 10.0 Å². The van der Waals surface area contributed by atoms with Crippen molar-refractivity contribution in [3.8, 4) is 0 Å². The van der Waals surface area contributed by atoms with Crippen molar-refractivity contribution in [1.29, 1.82) is 0 Å². The molecular weight excluding hydrogens is 248 g/mol. The van der Waals surface area contributed by atoms with Gasteiger partial charge in [0, 0.05) is 22.5 Å². The Bertz CT molecular complexity index is 453. The van der Waals surface area contributed by atoms with Crippen molar-refractivity contribution < 1.29 is 9.00 Å². The zero-order valence-electron chi connectivity index (χ0n) is 10.6. The highest BCUT2D eigenvalue weighted by Crippen LogP contribution is 2.19. The van der Waals surface area contributed by atoms with Gasteiger partial charge in [-0.3, -0.25) is 4.79 Å². The Hall–Kier alpha value is -1.36. The van der Waals surface area contributed by atoms with Crippen LogP contribution >= 0.6 is 0 Å². The summed E-state index contributed by atoms with van der Waals surface area (Å²) in [6.45, 7) is 3.78. The molecule has 0 saturated heterocycles. The van der Waals surface area contributed by atoms with E-state index >= 15 is 0 Å². The van der Waals surface area contributed by atoms with Crippen LogP contribution in [0.1, 0.15) is 37.0 Å². The van der Waals surface area contributed by atoms with E-state index in [1.807, 2.05) is 13.8 Å². The Kier molecular flexibility index (Phi) is 4.01. The molecule has 18 heavy (non-hydrogen) atoms. The number of carbonyl (C=O) groups excluding carboxylic acids is 1. The van der Waals surface area contributed by atoms with E-state index < -0.39 is 11.0 Å². The minimum atomic E-state index is -1.09. The molecule has 0 radical (unpaired) electrons. The molecule has 5 heteroatoms. The Morgan fingerprint density at radius 1 is 1.28 bits per heavy atom. The van der Waals surface area contributed by atoms with E-state index in [0.717, 1.165) is 18.5 Å². The lowest BCUT2D eigenvalue weighted by atomic mass is 10.2. The molecule has 0 heterocycles. The lowest BCUT2D eigenvalue weighted by molar-refractivity contribution is 0.0951. The minimum absolute atomic E-state index is 0.0333. The van der Waals surface area contributed by atoms with Crippen molar-refractivity contribution in [2.24, 2.45) is 0 Å². The largest absolute Gasteiger partial charge is 0.349 e. The number of nitrogens with one attached hydrogen (secondary N) is 2. The molecule has 0 aliphatic heterocycles. The van der Waals surface area contributed by atoms with Gasteiger partial charge in [-0.15, -0.1) is 0 Å². The highest BCUT2D eigenvalue weighted by Gasteiger charge is 2.23. The zero-order chi connectivity index (χ0) is 13.1. The predicted octanol–water partition coefficient (Wildman–Crippen LogP) is 2.06. The number of carbonyl (C=O) groups is 1. The molecule has 2 N–H and O–H groups in total. The smallest absolute Gasteiger partial charge is 0.251 e. The highest BCUT2D eigenvalue weighted by molar-refractivity contribution is 7.86. The van der Waals surface area contributed by atoms with Crippen LogP contribution in [0.3, 0.4) is 0 Å². The molecule has 1 aromatic carbocycles. The van der Waals surface area contributed by atoms with Gasteiger partial charge in [-0.05, 0) is 51.0 Å². The van der Waals surface area contributed by atoms with Gasteiger partial charge in [-0.1, -0.05) is 0 Å². The Balaban J connectivity index is 1.96. The van der Waals surface area contributed by atoms with Crippen LogP contribution in [-0.2, 0) is 11.0 Å². The summed E-state index contributed by atoms with van der Waals surface area (Å²) in [6, 6.07) is 7.42. The standard InChI is InChI=1S/C13H18N2O2S/c1-9(2)18(17)15-12-5-3-10(4-6-12)13(16)14-11-7-8-11/h3-6,9,11,15H,7-8H2,1-2H3,(H,14,16). The molecule has 1 aliphatic rings. The number of benzene rings is 1. The molecule has 1 saturated carbocycles. The summed E-state index contributed by atoms with van der Waals surface area (Å²) in [7, 11) is -1.09. The predicted molar refractivity (Wildman–Crippen MR) is 73.8 cm³/mol. The van der Waals surface area contributed by atoms with E-state index in [1.54, 1.807) is 24.3 Å². The number of hydrogen-bond donors (Lipinski definition) is 2. The summed E-state index contributed by atoms with van der Waals surface area (Å²) in [6.07, 6.45) is 2.16. The third-order valence-electron chi connectivity index (χ3n) is 2.71. The first kappa shape index (κ1) is 13.1. The monoisotopic (exact) mass is 266 g/mol. The van der Waals surface area contributed by atoms with E-state index in [1.165, 1.54) is 0 Å². The van der Waals surface area contributed by atoms with Gasteiger partial charge in [0.25, 0.3) is 5.91 Å². The maximum absolute atomic E-state index is 11.7. The normalized spacial score (nSPS) is 16.4. The molecule has 1 unspecified atom stereocenters. The molecule has 1 fully saturated rings. The van der Waals surface area contributed by atoms with Crippen molar-refractivity contribution in [2.45, 2.75) is 38.0 Å². The fraction of sp³-hybridized carbons (Fsp3) is 0.462. The van der Waals surface area contributed by atoms with Crippen LogP contribution < -0.4 is 10.0 Å². The number of rotatable bonds is 5. The molecule has 0 bridgehead atoms. The zero-order valence-corrected chi connectivity index (χ0v) is 11.4. The van der Waals surface area contributed by atoms with Gasteiger partial charge in [0.15, 0.2) is 0 Å². The highest BCUT2D eigenvalue weighted by atomic mass is 32.2. The summed E-state index contributed by atoms with van der Waals surface area (Å²) in [5.74, 6) is -0.0333. The molecule has 1 atom stereocenters. The fourth-order valence-corrected chi connectivity index (χ4v) is 2.02. The SMILES string of the molecule is CC(C)S(=O)Nc1ccc(C(=O)NC2CC2)cc1. The van der Waals surface area contributed by atoms with Crippen LogP contribution in [0.2, 0.25) is 0 Å². The van der Waals surface area contributed by atoms with Gasteiger partial charge in [-0.2, -0.15) is 0 Å². The topological polar surface area (TPSA) is 58.2 Å². The summed E-state index contributed by atoms with van der Waals surface area (Å²) in [5, 5.41) is 2.99. The number of anilines is 1. The molecule has 4 nitrogen and oxygen atoms in total. The summed E-state index contributed by atoms with van der Waals surface area (Å²) >= 11 is 0. The third-order valence-corrected chi connectivity index (χ3v) is 4.00. The molecule has 1 aromatic rings. The van der Waals surface area contributed by atoms with Crippen LogP contribution in [0.5, 0.6) is 0 Å². The van der Waals surface area contributed by atoms with Crippen LogP contribution in [0.25, 0.3) is 0 Å². The number of amides is 1. The second-order valence-corrected chi connectivity index (χ2v) is 6.52. The van der Waals surface area contributed by atoms with E-state index in [-0.39, 0.29) is 11.2 Å². The molecule has 1 aliphatic carbocycles. The lowest BCUT2D eigenvalue weighted by Crippen LogP contribution is -2.25. The second kappa shape index (κ2) is 5.52. The van der Waals surface area contributed by atoms with Gasteiger partial charge in [0.05, 0.1) is 0 Å². The van der Waals surface area contributed by atoms with Crippen molar-refractivity contribution in [3.63, 3.8) is 0 Å². The van der Waals surface area contributed by atoms with Crippen molar-refractivity contribution >= 4 is 22.6 Å². The summed E-state index contributed by atoms with van der Waals surface area (Å²) in [5.41, 5.74) is 1.41. The molecule has 0 spiro atoms. The first-order chi connectivity index (χ1) is 8.56. The van der Waals surface area contributed by atoms with Gasteiger partial charge in [0.2, 0.25) is 0 Å². The van der Waals surface area contributed by atoms with Crippen molar-refractivity contribution in [1.82, 2.24) is 5.32 Å². The van der Waals surface area contributed by atoms with Gasteiger partial charge >= 0.3 is 0 Å². The van der Waals surface area contributed by atoms with Crippen LogP contribution in [0.4, 0.5) is 5.69 Å². The molecule has 0 aromatic heterocycles. The van der Waals surface area contributed by atoms with E-state index in [0.29, 0.717) is 11.6 Å². The van der Waals surface area contributed by atoms with Gasteiger partial charge in [0.1, 0.15) is 11.0 Å². The summed E-state index contributed by atoms with van der Waals surface area (Å²) < 4.78 is 14.5. The molecule has 1 amide bonds. The maximum atomic E-state index is 11.7. The maximum Gasteiger partial charge on any atom is 0.251 e. The van der Waals surface area contributed by atoms with E-state index in [9.17, 15) is 9.00 Å². The van der Waals surface area contributed by atoms with Crippen LogP contribution in [-0.4, -0.2) is 21.4 Å². The first-order valence-corrected chi connectivity index (χ1v) is 7.35. The Labute approximate surface area is 110 Å². The average molecular weight is 266 g/mol. The quantitative estimate of drug-likeness (QED) is 0.857.